The molecule has 37 heavy (non-hydrogen) atoms. The first-order valence-corrected chi connectivity index (χ1v) is 13.1. The number of piperazine rings is 1. The molecule has 1 aliphatic heterocycles. The lowest BCUT2D eigenvalue weighted by Gasteiger charge is -2.44. The summed E-state index contributed by atoms with van der Waals surface area (Å²) in [6.45, 7) is 10.3. The number of nitrogens with zero attached hydrogens (tertiary/aromatic N) is 5. The van der Waals surface area contributed by atoms with E-state index in [9.17, 15) is 0 Å². The third-order valence-corrected chi connectivity index (χ3v) is 7.66. The Labute approximate surface area is 217 Å². The second-order valence-corrected chi connectivity index (χ2v) is 9.92. The first-order chi connectivity index (χ1) is 18.2. The highest BCUT2D eigenvalue weighted by Crippen LogP contribution is 2.42. The second kappa shape index (κ2) is 9.92. The molecular formula is C30H33N7. The number of nitrogens with two attached hydrogens (primary N) is 1. The van der Waals surface area contributed by atoms with Gasteiger partial charge in [-0.25, -0.2) is 15.0 Å². The smallest absolute Gasteiger partial charge is 0.150 e. The van der Waals surface area contributed by atoms with Crippen molar-refractivity contribution in [1.82, 2.24) is 29.6 Å². The van der Waals surface area contributed by atoms with Crippen LogP contribution in [0.15, 0.2) is 73.6 Å². The van der Waals surface area contributed by atoms with Crippen molar-refractivity contribution in [3.05, 3.63) is 85.1 Å². The molecule has 2 aliphatic rings. The average molecular weight is 492 g/mol. The molecule has 1 saturated carbocycles. The summed E-state index contributed by atoms with van der Waals surface area (Å²) in [6.07, 6.45) is 13.9. The van der Waals surface area contributed by atoms with Gasteiger partial charge in [-0.1, -0.05) is 49.1 Å². The Morgan fingerprint density at radius 1 is 1.14 bits per heavy atom. The molecule has 7 heteroatoms. The van der Waals surface area contributed by atoms with Crippen LogP contribution in [0.1, 0.15) is 37.2 Å². The Morgan fingerprint density at radius 2 is 1.95 bits per heavy atom. The van der Waals surface area contributed by atoms with Crippen LogP contribution in [0.5, 0.6) is 0 Å². The van der Waals surface area contributed by atoms with E-state index < -0.39 is 0 Å². The highest BCUT2D eigenvalue weighted by molar-refractivity contribution is 5.91. The minimum absolute atomic E-state index is 0.417. The van der Waals surface area contributed by atoms with Crippen molar-refractivity contribution in [3.8, 4) is 11.3 Å². The van der Waals surface area contributed by atoms with Gasteiger partial charge in [-0.2, -0.15) is 0 Å². The van der Waals surface area contributed by atoms with Gasteiger partial charge in [-0.05, 0) is 37.5 Å². The largest absolute Gasteiger partial charge is 0.382 e. The molecule has 0 atom stereocenters. The van der Waals surface area contributed by atoms with E-state index in [-0.39, 0.29) is 0 Å². The van der Waals surface area contributed by atoms with Gasteiger partial charge in [-0.15, -0.1) is 0 Å². The summed E-state index contributed by atoms with van der Waals surface area (Å²) in [5, 5.41) is 4.53. The maximum atomic E-state index is 6.43. The zero-order valence-electron chi connectivity index (χ0n) is 21.3. The standard InChI is InChI=1S/C30H33N7/c1-3-5-20(6-4-2)25-10-9-21-7-8-22(19-26(21)34-25)27-28-29(31)33-13-16-37(28)30(35-27)23-17-24(18-23)36-14-11-32-12-15-36/h3-10,13,16,19,23-24,32H,1,11-12,14-15,17-18H2,2H3,(H2,31,33)/b6-4-,20-5+. The van der Waals surface area contributed by atoms with Crippen LogP contribution in [-0.4, -0.2) is 56.5 Å². The fourth-order valence-electron chi connectivity index (χ4n) is 5.68. The molecule has 1 aromatic carbocycles. The van der Waals surface area contributed by atoms with Gasteiger partial charge in [0.2, 0.25) is 0 Å². The lowest BCUT2D eigenvalue weighted by Crippen LogP contribution is -2.52. The van der Waals surface area contributed by atoms with Crippen LogP contribution in [-0.2, 0) is 0 Å². The number of hydrogen-bond donors (Lipinski definition) is 2. The van der Waals surface area contributed by atoms with Crippen LogP contribution < -0.4 is 11.1 Å². The molecule has 1 saturated heterocycles. The Balaban J connectivity index is 1.38. The molecule has 3 N–H and O–H groups in total. The molecule has 7 nitrogen and oxygen atoms in total. The third-order valence-electron chi connectivity index (χ3n) is 7.66. The minimum Gasteiger partial charge on any atom is -0.382 e. The van der Waals surface area contributed by atoms with E-state index in [1.54, 1.807) is 12.3 Å². The number of benzene rings is 1. The molecule has 4 heterocycles. The van der Waals surface area contributed by atoms with Crippen LogP contribution in [0.4, 0.5) is 5.82 Å². The van der Waals surface area contributed by atoms with Crippen molar-refractivity contribution < 1.29 is 0 Å². The Bertz CT molecular complexity index is 1520. The quantitative estimate of drug-likeness (QED) is 0.376. The number of rotatable bonds is 6. The van der Waals surface area contributed by atoms with Gasteiger partial charge in [0.15, 0.2) is 0 Å². The molecule has 0 spiro atoms. The van der Waals surface area contributed by atoms with E-state index >= 15 is 0 Å². The number of aromatic nitrogens is 4. The van der Waals surface area contributed by atoms with Crippen molar-refractivity contribution in [2.75, 3.05) is 31.9 Å². The second-order valence-electron chi connectivity index (χ2n) is 9.92. The molecule has 0 bridgehead atoms. The third kappa shape index (κ3) is 4.34. The molecule has 6 rings (SSSR count). The van der Waals surface area contributed by atoms with Crippen LogP contribution in [0, 0.1) is 0 Å². The fraction of sp³-hybridized carbons (Fsp3) is 0.300. The topological polar surface area (TPSA) is 84.4 Å². The molecule has 3 aromatic heterocycles. The van der Waals surface area contributed by atoms with E-state index in [4.69, 9.17) is 15.7 Å². The van der Waals surface area contributed by atoms with E-state index in [1.807, 2.05) is 31.3 Å². The zero-order valence-corrected chi connectivity index (χ0v) is 21.3. The highest BCUT2D eigenvalue weighted by Gasteiger charge is 2.37. The van der Waals surface area contributed by atoms with Gasteiger partial charge >= 0.3 is 0 Å². The number of nitrogen functional groups attached to an aromatic ring is 1. The number of pyridine rings is 1. The molecule has 0 radical (unpaired) electrons. The van der Waals surface area contributed by atoms with Gasteiger partial charge < -0.3 is 11.1 Å². The molecule has 0 unspecified atom stereocenters. The Morgan fingerprint density at radius 3 is 2.73 bits per heavy atom. The summed E-state index contributed by atoms with van der Waals surface area (Å²) in [5.41, 5.74) is 12.0. The zero-order chi connectivity index (χ0) is 25.4. The monoisotopic (exact) mass is 491 g/mol. The number of anilines is 1. The predicted molar refractivity (Wildman–Crippen MR) is 151 cm³/mol. The number of fused-ring (bicyclic) bond motifs is 2. The van der Waals surface area contributed by atoms with E-state index in [0.29, 0.717) is 17.8 Å². The van der Waals surface area contributed by atoms with E-state index in [0.717, 1.165) is 83.8 Å². The van der Waals surface area contributed by atoms with Crippen molar-refractivity contribution >= 4 is 27.8 Å². The van der Waals surface area contributed by atoms with Crippen LogP contribution in [0.3, 0.4) is 0 Å². The lowest BCUT2D eigenvalue weighted by atomic mass is 9.78. The molecule has 2 fully saturated rings. The first-order valence-electron chi connectivity index (χ1n) is 13.1. The number of allylic oxidation sites excluding steroid dienone is 5. The summed E-state index contributed by atoms with van der Waals surface area (Å²) >= 11 is 0. The molecular weight excluding hydrogens is 458 g/mol. The minimum atomic E-state index is 0.417. The molecule has 1 aliphatic carbocycles. The van der Waals surface area contributed by atoms with E-state index in [2.05, 4.69) is 56.5 Å². The summed E-state index contributed by atoms with van der Waals surface area (Å²) in [4.78, 5) is 17.2. The number of hydrogen-bond acceptors (Lipinski definition) is 6. The van der Waals surface area contributed by atoms with Gasteiger partial charge in [0.25, 0.3) is 0 Å². The summed E-state index contributed by atoms with van der Waals surface area (Å²) < 4.78 is 2.15. The molecule has 188 valence electrons. The number of nitrogens with one attached hydrogen (secondary N) is 1. The fourth-order valence-corrected chi connectivity index (χ4v) is 5.68. The number of imidazole rings is 1. The highest BCUT2D eigenvalue weighted by atomic mass is 15.2. The van der Waals surface area contributed by atoms with Gasteiger partial charge in [-0.3, -0.25) is 9.30 Å². The maximum absolute atomic E-state index is 6.43. The Kier molecular flexibility index (Phi) is 6.32. The summed E-state index contributed by atoms with van der Waals surface area (Å²) in [7, 11) is 0. The predicted octanol–water partition coefficient (Wildman–Crippen LogP) is 4.82. The van der Waals surface area contributed by atoms with Crippen molar-refractivity contribution in [2.45, 2.75) is 31.7 Å². The normalized spacial score (nSPS) is 21.1. The Hall–Kier alpha value is -3.81. The van der Waals surface area contributed by atoms with E-state index in [1.165, 1.54) is 0 Å². The van der Waals surface area contributed by atoms with Crippen molar-refractivity contribution in [1.29, 1.82) is 0 Å². The summed E-state index contributed by atoms with van der Waals surface area (Å²) in [5.74, 6) is 2.00. The van der Waals surface area contributed by atoms with Crippen LogP contribution in [0.2, 0.25) is 0 Å². The average Bonchev–Trinajstić information content (AvgIpc) is 3.28. The van der Waals surface area contributed by atoms with Gasteiger partial charge in [0, 0.05) is 61.5 Å². The lowest BCUT2D eigenvalue weighted by molar-refractivity contribution is 0.0928. The first kappa shape index (κ1) is 23.6. The summed E-state index contributed by atoms with van der Waals surface area (Å²) in [6, 6.07) is 11.1. The SMILES string of the molecule is C=C/C=C(\C=C/C)c1ccc2ccc(-c3nc(C4CC(N5CCNCC5)C4)n4ccnc(N)c34)cc2n1. The maximum Gasteiger partial charge on any atom is 0.150 e. The molecule has 0 amide bonds. The molecule has 4 aromatic rings. The van der Waals surface area contributed by atoms with Crippen LogP contribution in [0.25, 0.3) is 33.3 Å². The van der Waals surface area contributed by atoms with Crippen molar-refractivity contribution in [2.24, 2.45) is 0 Å². The van der Waals surface area contributed by atoms with Crippen LogP contribution >= 0.6 is 0 Å². The van der Waals surface area contributed by atoms with Gasteiger partial charge in [0.1, 0.15) is 22.9 Å². The van der Waals surface area contributed by atoms with Gasteiger partial charge in [0.05, 0.1) is 11.2 Å². The van der Waals surface area contributed by atoms with Crippen molar-refractivity contribution in [3.63, 3.8) is 0 Å².